The number of nitrogens with zero attached hydrogens (tertiary/aromatic N) is 1. The van der Waals surface area contributed by atoms with Crippen LogP contribution in [0.15, 0.2) is 24.8 Å². The molecule has 5 amide bonds. The Hall–Kier alpha value is -3.66. The van der Waals surface area contributed by atoms with Crippen LogP contribution in [0.4, 0.5) is 4.79 Å². The van der Waals surface area contributed by atoms with E-state index in [1.54, 1.807) is 25.7 Å². The monoisotopic (exact) mass is 769 g/mol. The third kappa shape index (κ3) is 9.58. The van der Waals surface area contributed by atoms with Crippen molar-refractivity contribution in [2.75, 3.05) is 18.8 Å². The largest absolute Gasteiger partial charge is 0.346 e. The Morgan fingerprint density at radius 3 is 2.17 bits per heavy atom. The molecule has 2 saturated carbocycles. The van der Waals surface area contributed by atoms with Crippen molar-refractivity contribution in [1.29, 1.82) is 0 Å². The van der Waals surface area contributed by atoms with E-state index >= 15 is 4.79 Å². The first-order chi connectivity index (χ1) is 25.2. The summed E-state index contributed by atoms with van der Waals surface area (Å²) in [7, 11) is -3.59. The van der Waals surface area contributed by atoms with E-state index in [9.17, 15) is 27.6 Å². The summed E-state index contributed by atoms with van der Waals surface area (Å²) in [5.74, 6) is -0.901. The van der Waals surface area contributed by atoms with Crippen molar-refractivity contribution in [1.82, 2.24) is 26.2 Å². The highest BCUT2D eigenvalue weighted by atomic mass is 32.2. The summed E-state index contributed by atoms with van der Waals surface area (Å²) in [6.07, 6.45) is 18.7. The Bertz CT molecular complexity index is 1630. The van der Waals surface area contributed by atoms with Crippen LogP contribution in [0.2, 0.25) is 0 Å². The lowest BCUT2D eigenvalue weighted by Crippen LogP contribution is -2.64. The van der Waals surface area contributed by atoms with E-state index in [0.29, 0.717) is 25.7 Å². The zero-order chi connectivity index (χ0) is 40.1. The van der Waals surface area contributed by atoms with Crippen LogP contribution < -0.4 is 21.3 Å². The third-order valence-electron chi connectivity index (χ3n) is 12.5. The third-order valence-corrected chi connectivity index (χ3v) is 15.3. The maximum atomic E-state index is 15.1. The lowest BCUT2D eigenvalue weighted by Gasteiger charge is -2.44. The number of ketones is 1. The van der Waals surface area contributed by atoms with Gasteiger partial charge in [-0.25, -0.2) is 13.2 Å². The highest BCUT2D eigenvalue weighted by Crippen LogP contribution is 2.49. The number of rotatable bonds is 14. The number of carbonyl (C=O) groups is 5. The van der Waals surface area contributed by atoms with Gasteiger partial charge in [0.1, 0.15) is 12.1 Å². The maximum Gasteiger partial charge on any atom is 0.315 e. The van der Waals surface area contributed by atoms with Gasteiger partial charge in [0.25, 0.3) is 5.91 Å². The Morgan fingerprint density at radius 2 is 1.59 bits per heavy atom. The van der Waals surface area contributed by atoms with Gasteiger partial charge >= 0.3 is 6.03 Å². The number of carbonyl (C=O) groups excluding carboxylic acids is 5. The van der Waals surface area contributed by atoms with Gasteiger partial charge in [0, 0.05) is 25.4 Å². The van der Waals surface area contributed by atoms with Gasteiger partial charge in [-0.2, -0.15) is 0 Å². The molecule has 4 aliphatic rings. The molecule has 1 aliphatic heterocycles. The predicted molar refractivity (Wildman–Crippen MR) is 210 cm³/mol. The number of fused-ring (bicyclic) bond motifs is 1. The van der Waals surface area contributed by atoms with Crippen molar-refractivity contribution in [3.63, 3.8) is 0 Å². The summed E-state index contributed by atoms with van der Waals surface area (Å²) in [6, 6.07) is -3.84. The summed E-state index contributed by atoms with van der Waals surface area (Å²) in [4.78, 5) is 71.2. The SMILES string of the molecule is C#CCCC(NC(=O)[C@@H]1[C@H]2C=CC(C)(C)[C@H]2CN1C(=O)[C@@H](NC(=O)NC1(CS(=O)(=O)C(C)(C)C)CCCCC1)C1(C)CCCCC1)C(=O)C(=O)NCC=C. The van der Waals surface area contributed by atoms with Crippen LogP contribution in [0.5, 0.6) is 0 Å². The van der Waals surface area contributed by atoms with E-state index in [0.717, 1.165) is 38.5 Å². The molecule has 0 radical (unpaired) electrons. The molecular weight excluding hydrogens is 707 g/mol. The second kappa shape index (κ2) is 17.0. The van der Waals surface area contributed by atoms with E-state index in [1.807, 2.05) is 13.0 Å². The van der Waals surface area contributed by atoms with E-state index in [-0.39, 0.29) is 48.9 Å². The van der Waals surface area contributed by atoms with E-state index < -0.39 is 73.2 Å². The fourth-order valence-electron chi connectivity index (χ4n) is 8.91. The van der Waals surface area contributed by atoms with Crippen LogP contribution >= 0.6 is 0 Å². The second-order valence-electron chi connectivity index (χ2n) is 17.9. The van der Waals surface area contributed by atoms with E-state index in [2.05, 4.69) is 53.7 Å². The minimum Gasteiger partial charge on any atom is -0.346 e. The van der Waals surface area contributed by atoms with E-state index in [4.69, 9.17) is 6.42 Å². The van der Waals surface area contributed by atoms with Crippen LogP contribution in [-0.2, 0) is 29.0 Å². The smallest absolute Gasteiger partial charge is 0.315 e. The van der Waals surface area contributed by atoms with Gasteiger partial charge in [0.15, 0.2) is 9.84 Å². The quantitative estimate of drug-likeness (QED) is 0.116. The first-order valence-electron chi connectivity index (χ1n) is 19.7. The van der Waals surface area contributed by atoms with Crippen molar-refractivity contribution in [3.05, 3.63) is 24.8 Å². The number of allylic oxidation sites excluding steroid dienone is 1. The zero-order valence-corrected chi connectivity index (χ0v) is 34.0. The Balaban J connectivity index is 1.67. The fraction of sp³-hybridized carbons (Fsp3) is 0.732. The Morgan fingerprint density at radius 1 is 0.981 bits per heavy atom. The molecule has 13 heteroatoms. The molecule has 1 unspecified atom stereocenters. The molecule has 1 heterocycles. The zero-order valence-electron chi connectivity index (χ0n) is 33.2. The molecule has 0 bridgehead atoms. The summed E-state index contributed by atoms with van der Waals surface area (Å²) >= 11 is 0. The average Bonchev–Trinajstić information content (AvgIpc) is 3.63. The normalized spacial score (nSPS) is 25.3. The van der Waals surface area contributed by atoms with Crippen molar-refractivity contribution < 1.29 is 32.4 Å². The minimum atomic E-state index is -3.59. The van der Waals surface area contributed by atoms with Gasteiger partial charge in [-0.1, -0.05) is 77.5 Å². The van der Waals surface area contributed by atoms with Crippen LogP contribution in [0.25, 0.3) is 0 Å². The number of urea groups is 1. The van der Waals surface area contributed by atoms with Crippen molar-refractivity contribution in [3.8, 4) is 12.3 Å². The number of likely N-dealkylation sites (tertiary alicyclic amines) is 1. The summed E-state index contributed by atoms with van der Waals surface area (Å²) in [5.41, 5.74) is -1.96. The molecule has 0 aromatic heterocycles. The highest BCUT2D eigenvalue weighted by molar-refractivity contribution is 7.92. The number of nitrogens with one attached hydrogen (secondary N) is 4. The molecule has 0 aromatic rings. The van der Waals surface area contributed by atoms with Crippen molar-refractivity contribution in [2.45, 2.75) is 147 Å². The van der Waals surface area contributed by atoms with Crippen LogP contribution in [0, 0.1) is 35.0 Å². The number of amides is 5. The van der Waals surface area contributed by atoms with E-state index in [1.165, 1.54) is 6.08 Å². The molecule has 5 atom stereocenters. The number of sulfone groups is 1. The molecule has 300 valence electrons. The molecule has 12 nitrogen and oxygen atoms in total. The van der Waals surface area contributed by atoms with Crippen molar-refractivity contribution in [2.24, 2.45) is 22.7 Å². The first kappa shape index (κ1) is 43.1. The second-order valence-corrected chi connectivity index (χ2v) is 20.7. The van der Waals surface area contributed by atoms with Gasteiger partial charge in [-0.15, -0.1) is 18.9 Å². The van der Waals surface area contributed by atoms with Gasteiger partial charge in [-0.05, 0) is 69.6 Å². The molecule has 54 heavy (non-hydrogen) atoms. The molecule has 0 spiro atoms. The first-order valence-corrected chi connectivity index (χ1v) is 21.3. The molecule has 3 fully saturated rings. The number of Topliss-reactive ketones (excluding diaryl/α,β-unsaturated/α-hetero) is 1. The topological polar surface area (TPSA) is 171 Å². The minimum absolute atomic E-state index is 0.0355. The molecule has 4 N–H and O–H groups in total. The van der Waals surface area contributed by atoms with Gasteiger partial charge < -0.3 is 26.2 Å². The standard InChI is InChI=1S/C41H63N5O7S/c1-9-11-18-30(32(47)35(49)42-25-10-2)43-34(48)31-28-19-24-39(6,7)29(28)26-46(31)36(50)33(40(8)20-14-12-15-21-40)44-37(51)45-41(22-16-13-17-23-41)27-54(52,53)38(3,4)5/h1,10,19,24,28-31,33H,2,11-18,20-23,25-27H2,3-8H3,(H,42,49)(H,43,48)(H2,44,45,51)/t28-,29-,30?,31-,33+/m0/s1. The van der Waals surface area contributed by atoms with Crippen LogP contribution in [0.1, 0.15) is 119 Å². The molecular formula is C41H63N5O7S. The van der Waals surface area contributed by atoms with Gasteiger partial charge in [0.05, 0.1) is 22.1 Å². The lowest BCUT2D eigenvalue weighted by atomic mass is 9.70. The summed E-state index contributed by atoms with van der Waals surface area (Å²) in [6.45, 7) is 15.0. The van der Waals surface area contributed by atoms with Crippen LogP contribution in [0.3, 0.4) is 0 Å². The molecule has 0 aromatic carbocycles. The number of hydrogen-bond donors (Lipinski definition) is 4. The fourth-order valence-corrected chi connectivity index (χ4v) is 10.4. The molecule has 3 aliphatic carbocycles. The van der Waals surface area contributed by atoms with Gasteiger partial charge in [-0.3, -0.25) is 19.2 Å². The van der Waals surface area contributed by atoms with Gasteiger partial charge in [0.2, 0.25) is 17.6 Å². The molecule has 1 saturated heterocycles. The highest BCUT2D eigenvalue weighted by Gasteiger charge is 2.56. The Labute approximate surface area is 322 Å². The average molecular weight is 770 g/mol. The lowest BCUT2D eigenvalue weighted by molar-refractivity contribution is -0.145. The van der Waals surface area contributed by atoms with Crippen LogP contribution in [-0.4, -0.2) is 90.1 Å². The Kier molecular flexibility index (Phi) is 13.6. The number of terminal acetylenes is 1. The summed E-state index contributed by atoms with van der Waals surface area (Å²) < 4.78 is 26.0. The molecule has 4 rings (SSSR count). The maximum absolute atomic E-state index is 15.1. The predicted octanol–water partition coefficient (Wildman–Crippen LogP) is 4.35. The summed E-state index contributed by atoms with van der Waals surface area (Å²) in [5, 5.41) is 11.4. The van der Waals surface area contributed by atoms with Crippen molar-refractivity contribution >= 4 is 39.4 Å². The number of hydrogen-bond acceptors (Lipinski definition) is 7.